The molecule has 3 atom stereocenters. The van der Waals surface area contributed by atoms with Crippen LogP contribution in [0.25, 0.3) is 0 Å². The lowest BCUT2D eigenvalue weighted by atomic mass is 9.98. The van der Waals surface area contributed by atoms with Gasteiger partial charge in [-0.1, -0.05) is 6.42 Å². The molecule has 0 radical (unpaired) electrons. The number of hydrogen-bond acceptors (Lipinski definition) is 4. The van der Waals surface area contributed by atoms with Crippen LogP contribution in [0.1, 0.15) is 39.5 Å². The van der Waals surface area contributed by atoms with Crippen molar-refractivity contribution in [2.45, 2.75) is 57.7 Å². The molecule has 0 aliphatic carbocycles. The molecule has 1 saturated heterocycles. The van der Waals surface area contributed by atoms with Crippen molar-refractivity contribution in [3.05, 3.63) is 0 Å². The van der Waals surface area contributed by atoms with E-state index < -0.39 is 9.84 Å². The van der Waals surface area contributed by atoms with E-state index in [0.29, 0.717) is 12.1 Å². The minimum Gasteiger partial charge on any atom is -0.314 e. The van der Waals surface area contributed by atoms with Crippen molar-refractivity contribution in [1.29, 1.82) is 0 Å². The van der Waals surface area contributed by atoms with Gasteiger partial charge in [0.1, 0.15) is 9.84 Å². The van der Waals surface area contributed by atoms with E-state index in [9.17, 15) is 8.42 Å². The Labute approximate surface area is 105 Å². The lowest BCUT2D eigenvalue weighted by molar-refractivity contribution is 0.336. The summed E-state index contributed by atoms with van der Waals surface area (Å²) in [6, 6.07) is 0.989. The topological polar surface area (TPSA) is 58.2 Å². The molecule has 0 aromatic rings. The van der Waals surface area contributed by atoms with Crippen LogP contribution in [-0.4, -0.2) is 45.1 Å². The maximum absolute atomic E-state index is 11.2. The summed E-state index contributed by atoms with van der Waals surface area (Å²) < 4.78 is 22.3. The number of nitrogens with one attached hydrogen (secondary N) is 2. The Kier molecular flexibility index (Phi) is 5.89. The molecule has 1 rings (SSSR count). The summed E-state index contributed by atoms with van der Waals surface area (Å²) in [7, 11) is -2.88. The maximum Gasteiger partial charge on any atom is 0.148 e. The van der Waals surface area contributed by atoms with Crippen LogP contribution in [0.3, 0.4) is 0 Å². The summed E-state index contributed by atoms with van der Waals surface area (Å²) in [6.45, 7) is 5.19. The highest BCUT2D eigenvalue weighted by Gasteiger charge is 2.18. The van der Waals surface area contributed by atoms with Gasteiger partial charge in [0, 0.05) is 24.4 Å². The first-order valence-electron chi connectivity index (χ1n) is 6.54. The van der Waals surface area contributed by atoms with Gasteiger partial charge < -0.3 is 10.6 Å². The van der Waals surface area contributed by atoms with Gasteiger partial charge in [-0.25, -0.2) is 8.42 Å². The SMILES string of the molecule is CC(CC1CCCCN1)NC(C)CS(C)(=O)=O. The van der Waals surface area contributed by atoms with Gasteiger partial charge >= 0.3 is 0 Å². The fourth-order valence-corrected chi connectivity index (χ4v) is 3.61. The van der Waals surface area contributed by atoms with Crippen LogP contribution in [0, 0.1) is 0 Å². The van der Waals surface area contributed by atoms with Crippen LogP contribution in [0.5, 0.6) is 0 Å². The van der Waals surface area contributed by atoms with Gasteiger partial charge in [0.2, 0.25) is 0 Å². The van der Waals surface area contributed by atoms with Crippen molar-refractivity contribution in [3.63, 3.8) is 0 Å². The molecular weight excluding hydrogens is 236 g/mol. The average Bonchev–Trinajstić information content (AvgIpc) is 2.15. The van der Waals surface area contributed by atoms with Crippen LogP contribution in [0.4, 0.5) is 0 Å². The Hall–Kier alpha value is -0.130. The second-order valence-electron chi connectivity index (χ2n) is 5.44. The molecule has 1 aliphatic rings. The highest BCUT2D eigenvalue weighted by Crippen LogP contribution is 2.12. The molecule has 0 amide bonds. The molecule has 4 nitrogen and oxygen atoms in total. The van der Waals surface area contributed by atoms with Gasteiger partial charge in [-0.3, -0.25) is 0 Å². The molecular formula is C12H26N2O2S. The van der Waals surface area contributed by atoms with E-state index in [-0.39, 0.29) is 11.8 Å². The van der Waals surface area contributed by atoms with Gasteiger partial charge in [-0.05, 0) is 39.7 Å². The third-order valence-corrected chi connectivity index (χ3v) is 4.28. The molecule has 17 heavy (non-hydrogen) atoms. The van der Waals surface area contributed by atoms with E-state index in [1.54, 1.807) is 0 Å². The number of rotatable bonds is 6. The number of sulfone groups is 1. The number of piperidine rings is 1. The first kappa shape index (κ1) is 14.9. The normalized spacial score (nSPS) is 25.5. The van der Waals surface area contributed by atoms with Crippen molar-refractivity contribution in [1.82, 2.24) is 10.6 Å². The highest BCUT2D eigenvalue weighted by molar-refractivity contribution is 7.90. The average molecular weight is 262 g/mol. The summed E-state index contributed by atoms with van der Waals surface area (Å²) in [6.07, 6.45) is 6.20. The van der Waals surface area contributed by atoms with E-state index in [0.717, 1.165) is 13.0 Å². The fourth-order valence-electron chi connectivity index (χ4n) is 2.61. The number of hydrogen-bond donors (Lipinski definition) is 2. The second-order valence-corrected chi connectivity index (χ2v) is 7.63. The molecule has 0 aromatic carbocycles. The summed E-state index contributed by atoms with van der Waals surface area (Å²) in [5.41, 5.74) is 0. The molecule has 0 aromatic heterocycles. The second kappa shape index (κ2) is 6.71. The van der Waals surface area contributed by atoms with E-state index >= 15 is 0 Å². The monoisotopic (exact) mass is 262 g/mol. The first-order valence-corrected chi connectivity index (χ1v) is 8.60. The Morgan fingerprint density at radius 2 is 2.00 bits per heavy atom. The van der Waals surface area contributed by atoms with Crippen LogP contribution in [-0.2, 0) is 9.84 Å². The van der Waals surface area contributed by atoms with E-state index in [4.69, 9.17) is 0 Å². The predicted molar refractivity (Wildman–Crippen MR) is 72.0 cm³/mol. The third-order valence-electron chi connectivity index (χ3n) is 3.17. The summed E-state index contributed by atoms with van der Waals surface area (Å²) in [5.74, 6) is 0.218. The van der Waals surface area contributed by atoms with Gasteiger partial charge in [0.05, 0.1) is 5.75 Å². The summed E-state index contributed by atoms with van der Waals surface area (Å²) in [5, 5.41) is 6.88. The minimum atomic E-state index is -2.88. The van der Waals surface area contributed by atoms with Crippen LogP contribution in [0.2, 0.25) is 0 Å². The molecule has 2 N–H and O–H groups in total. The quantitative estimate of drug-likeness (QED) is 0.748. The fraction of sp³-hybridized carbons (Fsp3) is 1.00. The zero-order valence-electron chi connectivity index (χ0n) is 11.2. The standard InChI is InChI=1S/C12H26N2O2S/c1-10(8-12-6-4-5-7-13-12)14-11(2)9-17(3,15)16/h10-14H,4-9H2,1-3H3. The smallest absolute Gasteiger partial charge is 0.148 e. The molecule has 1 aliphatic heterocycles. The van der Waals surface area contributed by atoms with Crippen molar-refractivity contribution < 1.29 is 8.42 Å². The molecule has 1 fully saturated rings. The Morgan fingerprint density at radius 3 is 2.53 bits per heavy atom. The molecule has 3 unspecified atom stereocenters. The maximum atomic E-state index is 11.2. The Bertz CT molecular complexity index is 310. The molecule has 0 saturated carbocycles. The zero-order chi connectivity index (χ0) is 12.9. The Balaban J connectivity index is 2.25. The van der Waals surface area contributed by atoms with Crippen molar-refractivity contribution in [3.8, 4) is 0 Å². The predicted octanol–water partition coefficient (Wildman–Crippen LogP) is 0.930. The van der Waals surface area contributed by atoms with Crippen LogP contribution >= 0.6 is 0 Å². The van der Waals surface area contributed by atoms with E-state index in [1.807, 2.05) is 6.92 Å². The first-order chi connectivity index (χ1) is 7.87. The summed E-state index contributed by atoms with van der Waals surface area (Å²) in [4.78, 5) is 0. The molecule has 0 spiro atoms. The van der Waals surface area contributed by atoms with Gasteiger partial charge in [-0.2, -0.15) is 0 Å². The lowest BCUT2D eigenvalue weighted by Crippen LogP contribution is -2.44. The Morgan fingerprint density at radius 1 is 1.29 bits per heavy atom. The van der Waals surface area contributed by atoms with Crippen LogP contribution in [0.15, 0.2) is 0 Å². The van der Waals surface area contributed by atoms with E-state index in [2.05, 4.69) is 17.6 Å². The van der Waals surface area contributed by atoms with Crippen molar-refractivity contribution in [2.24, 2.45) is 0 Å². The largest absolute Gasteiger partial charge is 0.314 e. The van der Waals surface area contributed by atoms with Gasteiger partial charge in [0.25, 0.3) is 0 Å². The van der Waals surface area contributed by atoms with E-state index in [1.165, 1.54) is 25.5 Å². The van der Waals surface area contributed by atoms with Gasteiger partial charge in [0.15, 0.2) is 0 Å². The molecule has 102 valence electrons. The van der Waals surface area contributed by atoms with Crippen molar-refractivity contribution in [2.75, 3.05) is 18.6 Å². The molecule has 0 bridgehead atoms. The zero-order valence-corrected chi connectivity index (χ0v) is 12.0. The minimum absolute atomic E-state index is 0.0311. The molecule has 5 heteroatoms. The third kappa shape index (κ3) is 7.01. The van der Waals surface area contributed by atoms with Crippen molar-refractivity contribution >= 4 is 9.84 Å². The molecule has 1 heterocycles. The lowest BCUT2D eigenvalue weighted by Gasteiger charge is -2.28. The summed E-state index contributed by atoms with van der Waals surface area (Å²) >= 11 is 0. The highest BCUT2D eigenvalue weighted by atomic mass is 32.2. The van der Waals surface area contributed by atoms with Gasteiger partial charge in [-0.15, -0.1) is 0 Å². The van der Waals surface area contributed by atoms with Crippen LogP contribution < -0.4 is 10.6 Å².